The van der Waals surface area contributed by atoms with Crippen LogP contribution in [0, 0.1) is 0 Å². The van der Waals surface area contributed by atoms with Crippen molar-refractivity contribution in [2.24, 2.45) is 0 Å². The van der Waals surface area contributed by atoms with E-state index in [1.54, 1.807) is 12.1 Å². The van der Waals surface area contributed by atoms with Crippen molar-refractivity contribution in [1.82, 2.24) is 9.80 Å². The molecule has 116 valence electrons. The average molecular weight is 331 g/mol. The van der Waals surface area contributed by atoms with E-state index in [9.17, 15) is 4.79 Å². The molecule has 1 amide bonds. The summed E-state index contributed by atoms with van der Waals surface area (Å²) in [6.07, 6.45) is 1.09. The van der Waals surface area contributed by atoms with Gasteiger partial charge < -0.3 is 10.0 Å². The highest BCUT2D eigenvalue weighted by atomic mass is 35.5. The summed E-state index contributed by atoms with van der Waals surface area (Å²) in [5, 5.41) is 10.1. The molecule has 0 bridgehead atoms. The van der Waals surface area contributed by atoms with E-state index >= 15 is 0 Å². The number of aryl methyl sites for hydroxylation is 1. The topological polar surface area (TPSA) is 43.8 Å². The smallest absolute Gasteiger partial charge is 0.222 e. The van der Waals surface area contributed by atoms with Gasteiger partial charge in [-0.2, -0.15) is 0 Å². The highest BCUT2D eigenvalue weighted by molar-refractivity contribution is 6.35. The SMILES string of the molecule is O=C(CCc1ccc(Cl)cc1Cl)N1CCN(CCO)CC1. The summed E-state index contributed by atoms with van der Waals surface area (Å²) < 4.78 is 0. The van der Waals surface area contributed by atoms with E-state index < -0.39 is 0 Å². The van der Waals surface area contributed by atoms with Crippen molar-refractivity contribution in [2.75, 3.05) is 39.3 Å². The molecular formula is C15H20Cl2N2O2. The summed E-state index contributed by atoms with van der Waals surface area (Å²) >= 11 is 12.0. The van der Waals surface area contributed by atoms with Gasteiger partial charge >= 0.3 is 0 Å². The highest BCUT2D eigenvalue weighted by Gasteiger charge is 2.20. The second-order valence-corrected chi connectivity index (χ2v) is 6.03. The first-order valence-electron chi connectivity index (χ1n) is 7.15. The van der Waals surface area contributed by atoms with Crippen LogP contribution in [0.1, 0.15) is 12.0 Å². The fourth-order valence-electron chi connectivity index (χ4n) is 2.49. The lowest BCUT2D eigenvalue weighted by Crippen LogP contribution is -2.49. The summed E-state index contributed by atoms with van der Waals surface area (Å²) in [7, 11) is 0. The summed E-state index contributed by atoms with van der Waals surface area (Å²) in [5.74, 6) is 0.157. The maximum absolute atomic E-state index is 12.2. The maximum atomic E-state index is 12.2. The summed E-state index contributed by atoms with van der Waals surface area (Å²) in [5.41, 5.74) is 0.952. The summed E-state index contributed by atoms with van der Waals surface area (Å²) in [6, 6.07) is 5.37. The zero-order chi connectivity index (χ0) is 15.2. The predicted molar refractivity (Wildman–Crippen MR) is 84.9 cm³/mol. The molecular weight excluding hydrogens is 311 g/mol. The second kappa shape index (κ2) is 7.99. The maximum Gasteiger partial charge on any atom is 0.222 e. The van der Waals surface area contributed by atoms with Crippen LogP contribution in [0.15, 0.2) is 18.2 Å². The van der Waals surface area contributed by atoms with Crippen LogP contribution >= 0.6 is 23.2 Å². The number of carbonyl (C=O) groups excluding carboxylic acids is 1. The van der Waals surface area contributed by atoms with Crippen molar-refractivity contribution in [3.05, 3.63) is 33.8 Å². The Morgan fingerprint density at radius 2 is 1.90 bits per heavy atom. The summed E-state index contributed by atoms with van der Waals surface area (Å²) in [4.78, 5) is 16.3. The van der Waals surface area contributed by atoms with E-state index in [-0.39, 0.29) is 12.5 Å². The van der Waals surface area contributed by atoms with Crippen LogP contribution in [0.2, 0.25) is 10.0 Å². The van der Waals surface area contributed by atoms with E-state index in [1.165, 1.54) is 0 Å². The number of piperazine rings is 1. The Kier molecular flexibility index (Phi) is 6.30. The lowest BCUT2D eigenvalue weighted by atomic mass is 10.1. The van der Waals surface area contributed by atoms with Gasteiger partial charge in [-0.1, -0.05) is 29.3 Å². The fourth-order valence-corrected chi connectivity index (χ4v) is 2.99. The molecule has 1 aromatic carbocycles. The lowest BCUT2D eigenvalue weighted by molar-refractivity contribution is -0.132. The minimum atomic E-state index is 0.157. The van der Waals surface area contributed by atoms with Gasteiger partial charge in [0.05, 0.1) is 6.61 Å². The molecule has 1 aromatic rings. The van der Waals surface area contributed by atoms with Gasteiger partial charge in [0, 0.05) is 49.2 Å². The number of rotatable bonds is 5. The highest BCUT2D eigenvalue weighted by Crippen LogP contribution is 2.22. The van der Waals surface area contributed by atoms with Gasteiger partial charge in [0.15, 0.2) is 0 Å². The minimum Gasteiger partial charge on any atom is -0.395 e. The first-order chi connectivity index (χ1) is 10.1. The molecule has 0 radical (unpaired) electrons. The Morgan fingerprint density at radius 1 is 1.19 bits per heavy atom. The molecule has 1 N–H and O–H groups in total. The van der Waals surface area contributed by atoms with Crippen LogP contribution in [-0.2, 0) is 11.2 Å². The quantitative estimate of drug-likeness (QED) is 0.898. The normalized spacial score (nSPS) is 16.2. The van der Waals surface area contributed by atoms with Crippen LogP contribution < -0.4 is 0 Å². The van der Waals surface area contributed by atoms with Crippen LogP contribution in [0.4, 0.5) is 0 Å². The van der Waals surface area contributed by atoms with Crippen LogP contribution in [0.25, 0.3) is 0 Å². The molecule has 1 aliphatic heterocycles. The Balaban J connectivity index is 1.80. The zero-order valence-corrected chi connectivity index (χ0v) is 13.4. The number of aliphatic hydroxyl groups is 1. The third-order valence-corrected chi connectivity index (χ3v) is 4.35. The second-order valence-electron chi connectivity index (χ2n) is 5.18. The van der Waals surface area contributed by atoms with Crippen LogP contribution in [0.5, 0.6) is 0 Å². The fraction of sp³-hybridized carbons (Fsp3) is 0.533. The molecule has 4 nitrogen and oxygen atoms in total. The van der Waals surface area contributed by atoms with Gasteiger partial charge in [-0.15, -0.1) is 0 Å². The number of carbonyl (C=O) groups is 1. The molecule has 21 heavy (non-hydrogen) atoms. The lowest BCUT2D eigenvalue weighted by Gasteiger charge is -2.34. The van der Waals surface area contributed by atoms with Crippen LogP contribution in [0.3, 0.4) is 0 Å². The number of hydrogen-bond donors (Lipinski definition) is 1. The van der Waals surface area contributed by atoms with E-state index in [1.807, 2.05) is 11.0 Å². The van der Waals surface area contributed by atoms with Crippen molar-refractivity contribution in [3.8, 4) is 0 Å². The van der Waals surface area contributed by atoms with Crippen molar-refractivity contribution >= 4 is 29.1 Å². The molecule has 0 unspecified atom stereocenters. The number of nitrogens with zero attached hydrogens (tertiary/aromatic N) is 2. The van der Waals surface area contributed by atoms with Gasteiger partial charge in [-0.05, 0) is 24.1 Å². The Labute approximate surface area is 135 Å². The van der Waals surface area contributed by atoms with Crippen molar-refractivity contribution in [2.45, 2.75) is 12.8 Å². The first-order valence-corrected chi connectivity index (χ1v) is 7.90. The Bertz CT molecular complexity index is 489. The van der Waals surface area contributed by atoms with E-state index in [2.05, 4.69) is 4.90 Å². The zero-order valence-electron chi connectivity index (χ0n) is 11.9. The average Bonchev–Trinajstić information content (AvgIpc) is 2.47. The number of amides is 1. The molecule has 0 saturated carbocycles. The molecule has 6 heteroatoms. The molecule has 1 fully saturated rings. The van der Waals surface area contributed by atoms with Crippen molar-refractivity contribution < 1.29 is 9.90 Å². The van der Waals surface area contributed by atoms with Gasteiger partial charge in [0.1, 0.15) is 0 Å². The van der Waals surface area contributed by atoms with Crippen LogP contribution in [-0.4, -0.2) is 60.1 Å². The molecule has 1 heterocycles. The third kappa shape index (κ3) is 4.85. The van der Waals surface area contributed by atoms with Crippen molar-refractivity contribution in [3.63, 3.8) is 0 Å². The van der Waals surface area contributed by atoms with E-state index in [4.69, 9.17) is 28.3 Å². The number of aliphatic hydroxyl groups excluding tert-OH is 1. The minimum absolute atomic E-state index is 0.157. The molecule has 2 rings (SSSR count). The van der Waals surface area contributed by atoms with Crippen molar-refractivity contribution in [1.29, 1.82) is 0 Å². The number of benzene rings is 1. The van der Waals surface area contributed by atoms with Gasteiger partial charge in [-0.25, -0.2) is 0 Å². The number of hydrogen-bond acceptors (Lipinski definition) is 3. The Hall–Kier alpha value is -0.810. The van der Waals surface area contributed by atoms with Gasteiger partial charge in [0.2, 0.25) is 5.91 Å². The van der Waals surface area contributed by atoms with Gasteiger partial charge in [-0.3, -0.25) is 9.69 Å². The Morgan fingerprint density at radius 3 is 2.52 bits per heavy atom. The monoisotopic (exact) mass is 330 g/mol. The number of β-amino-alcohol motifs (C(OH)–C–C–N with tert-alkyl or cyclic N) is 1. The van der Waals surface area contributed by atoms with E-state index in [0.29, 0.717) is 29.4 Å². The standard InChI is InChI=1S/C15H20Cl2N2O2/c16-13-3-1-12(14(17)11-13)2-4-15(21)19-7-5-18(6-8-19)9-10-20/h1,3,11,20H,2,4-10H2. The molecule has 1 saturated heterocycles. The third-order valence-electron chi connectivity index (χ3n) is 3.76. The molecule has 0 spiro atoms. The van der Waals surface area contributed by atoms with Gasteiger partial charge in [0.25, 0.3) is 0 Å². The predicted octanol–water partition coefficient (Wildman–Crippen LogP) is 2.06. The molecule has 1 aliphatic rings. The van der Waals surface area contributed by atoms with E-state index in [0.717, 1.165) is 31.7 Å². The largest absolute Gasteiger partial charge is 0.395 e. The number of halogens is 2. The molecule has 0 aromatic heterocycles. The molecule has 0 atom stereocenters. The molecule has 0 aliphatic carbocycles. The first kappa shape index (κ1) is 16.6. The summed E-state index contributed by atoms with van der Waals surface area (Å²) in [6.45, 7) is 3.97.